The number of carboxylic acid groups (broad SMARTS) is 1. The highest BCUT2D eigenvalue weighted by Crippen LogP contribution is 2.43. The Labute approximate surface area is 133 Å². The monoisotopic (exact) mass is 311 g/mol. The number of carboxylic acids is 1. The molecule has 0 bridgehead atoms. The van der Waals surface area contributed by atoms with Gasteiger partial charge in [0.05, 0.1) is 6.61 Å². The van der Waals surface area contributed by atoms with E-state index in [1.165, 1.54) is 7.11 Å². The number of likely N-dealkylation sites (tertiary alicyclic amines) is 1. The average Bonchev–Trinajstić information content (AvgIpc) is 2.81. The Bertz CT molecular complexity index is 448. The van der Waals surface area contributed by atoms with Crippen molar-refractivity contribution in [1.82, 2.24) is 4.90 Å². The maximum Gasteiger partial charge on any atom is 0.313 e. The third kappa shape index (κ3) is 3.45. The molecule has 1 heterocycles. The highest BCUT2D eigenvalue weighted by molar-refractivity contribution is 5.82. The number of aliphatic carboxylic acids is 1. The molecule has 1 saturated heterocycles. The van der Waals surface area contributed by atoms with Crippen molar-refractivity contribution in [3.05, 3.63) is 0 Å². The molecule has 0 spiro atoms. The van der Waals surface area contributed by atoms with E-state index in [1.807, 2.05) is 0 Å². The second-order valence-electron chi connectivity index (χ2n) is 8.14. The van der Waals surface area contributed by atoms with Crippen LogP contribution in [0.2, 0.25) is 0 Å². The van der Waals surface area contributed by atoms with E-state index in [-0.39, 0.29) is 30.4 Å². The third-order valence-corrected chi connectivity index (χ3v) is 5.28. The summed E-state index contributed by atoms with van der Waals surface area (Å²) < 4.78 is 5.10. The van der Waals surface area contributed by atoms with Crippen LogP contribution >= 0.6 is 0 Å². The Morgan fingerprint density at radius 2 is 2.00 bits per heavy atom. The van der Waals surface area contributed by atoms with Gasteiger partial charge in [-0.3, -0.25) is 9.59 Å². The largest absolute Gasteiger partial charge is 0.481 e. The van der Waals surface area contributed by atoms with Crippen LogP contribution in [-0.4, -0.2) is 48.7 Å². The average molecular weight is 311 g/mol. The fourth-order valence-corrected chi connectivity index (χ4v) is 4.48. The van der Waals surface area contributed by atoms with Crippen LogP contribution in [0.3, 0.4) is 0 Å². The van der Waals surface area contributed by atoms with Gasteiger partial charge in [-0.1, -0.05) is 20.8 Å². The Kier molecular flexibility index (Phi) is 4.85. The number of carbonyl (C=O) groups excluding carboxylic acids is 1. The molecule has 1 saturated carbocycles. The molecule has 2 aliphatic rings. The molecule has 1 amide bonds. The van der Waals surface area contributed by atoms with Crippen molar-refractivity contribution in [2.75, 3.05) is 26.8 Å². The normalized spacial score (nSPS) is 34.6. The summed E-state index contributed by atoms with van der Waals surface area (Å²) in [4.78, 5) is 26.2. The van der Waals surface area contributed by atoms with E-state index < -0.39 is 11.4 Å². The number of methoxy groups -OCH3 is 1. The molecule has 126 valence electrons. The predicted octanol–water partition coefficient (Wildman–Crippen LogP) is 2.40. The van der Waals surface area contributed by atoms with Gasteiger partial charge in [0.1, 0.15) is 5.41 Å². The molecule has 1 aliphatic heterocycles. The molecule has 1 aliphatic carbocycles. The zero-order valence-corrected chi connectivity index (χ0v) is 14.2. The lowest BCUT2D eigenvalue weighted by Crippen LogP contribution is -2.43. The number of hydrogen-bond acceptors (Lipinski definition) is 3. The van der Waals surface area contributed by atoms with Crippen LogP contribution < -0.4 is 0 Å². The van der Waals surface area contributed by atoms with Crippen LogP contribution in [-0.2, 0) is 14.3 Å². The van der Waals surface area contributed by atoms with E-state index in [0.29, 0.717) is 18.9 Å². The number of rotatable bonds is 4. The Morgan fingerprint density at radius 1 is 1.32 bits per heavy atom. The van der Waals surface area contributed by atoms with Gasteiger partial charge in [-0.05, 0) is 37.0 Å². The molecule has 2 fully saturated rings. The first-order valence-electron chi connectivity index (χ1n) is 8.20. The van der Waals surface area contributed by atoms with Gasteiger partial charge in [0.2, 0.25) is 5.91 Å². The molecule has 5 nitrogen and oxygen atoms in total. The second kappa shape index (κ2) is 6.19. The summed E-state index contributed by atoms with van der Waals surface area (Å²) in [6.07, 6.45) is 3.45. The summed E-state index contributed by atoms with van der Waals surface area (Å²) in [7, 11) is 1.51. The van der Waals surface area contributed by atoms with E-state index in [4.69, 9.17) is 4.74 Å². The molecule has 22 heavy (non-hydrogen) atoms. The zero-order valence-electron chi connectivity index (χ0n) is 14.2. The molecule has 3 unspecified atom stereocenters. The van der Waals surface area contributed by atoms with Crippen molar-refractivity contribution in [3.8, 4) is 0 Å². The van der Waals surface area contributed by atoms with Gasteiger partial charge in [0.25, 0.3) is 0 Å². The van der Waals surface area contributed by atoms with Crippen molar-refractivity contribution in [2.24, 2.45) is 22.7 Å². The summed E-state index contributed by atoms with van der Waals surface area (Å²) in [6.45, 7) is 7.62. The maximum atomic E-state index is 12.8. The van der Waals surface area contributed by atoms with Crippen molar-refractivity contribution >= 4 is 11.9 Å². The lowest BCUT2D eigenvalue weighted by molar-refractivity contribution is -0.152. The summed E-state index contributed by atoms with van der Waals surface area (Å²) in [5, 5.41) is 9.51. The minimum atomic E-state index is -0.930. The summed E-state index contributed by atoms with van der Waals surface area (Å²) >= 11 is 0. The zero-order chi connectivity index (χ0) is 16.5. The molecule has 5 heteroatoms. The fraction of sp³-hybridized carbons (Fsp3) is 0.882. The van der Waals surface area contributed by atoms with E-state index in [1.54, 1.807) is 4.90 Å². The molecular formula is C17H29NO4. The molecule has 1 N–H and O–H groups in total. The summed E-state index contributed by atoms with van der Waals surface area (Å²) in [5.41, 5.74) is -0.742. The van der Waals surface area contributed by atoms with Crippen LogP contribution in [0.15, 0.2) is 0 Å². The standard InChI is InChI=1S/C17H29NO4/c1-12-7-13(9-16(2,3)8-12)14(19)18-6-5-17(10-18,11-22-4)15(20)21/h12-13H,5-11H2,1-4H3,(H,20,21). The van der Waals surface area contributed by atoms with E-state index in [0.717, 1.165) is 19.3 Å². The van der Waals surface area contributed by atoms with Crippen LogP contribution in [0.5, 0.6) is 0 Å². The first-order valence-corrected chi connectivity index (χ1v) is 8.20. The van der Waals surface area contributed by atoms with Gasteiger partial charge in [-0.2, -0.15) is 0 Å². The highest BCUT2D eigenvalue weighted by atomic mass is 16.5. The fourth-order valence-electron chi connectivity index (χ4n) is 4.48. The SMILES string of the molecule is COCC1(C(=O)O)CCN(C(=O)C2CC(C)CC(C)(C)C2)C1. The number of carbonyl (C=O) groups is 2. The smallest absolute Gasteiger partial charge is 0.313 e. The van der Waals surface area contributed by atoms with Gasteiger partial charge >= 0.3 is 5.97 Å². The first kappa shape index (κ1) is 17.3. The van der Waals surface area contributed by atoms with Gasteiger partial charge < -0.3 is 14.7 Å². The Hall–Kier alpha value is -1.10. The van der Waals surface area contributed by atoms with Crippen LogP contribution in [0, 0.1) is 22.7 Å². The predicted molar refractivity (Wildman–Crippen MR) is 83.4 cm³/mol. The summed E-state index contributed by atoms with van der Waals surface area (Å²) in [5.74, 6) is -0.143. The topological polar surface area (TPSA) is 66.8 Å². The van der Waals surface area contributed by atoms with Crippen molar-refractivity contribution < 1.29 is 19.4 Å². The maximum absolute atomic E-state index is 12.8. The molecule has 0 aromatic rings. The van der Waals surface area contributed by atoms with Crippen molar-refractivity contribution in [2.45, 2.75) is 46.5 Å². The van der Waals surface area contributed by atoms with E-state index >= 15 is 0 Å². The number of ether oxygens (including phenoxy) is 1. The van der Waals surface area contributed by atoms with Crippen molar-refractivity contribution in [1.29, 1.82) is 0 Å². The molecule has 3 atom stereocenters. The lowest BCUT2D eigenvalue weighted by atomic mass is 9.67. The highest BCUT2D eigenvalue weighted by Gasteiger charge is 2.48. The van der Waals surface area contributed by atoms with Crippen LogP contribution in [0.1, 0.15) is 46.5 Å². The lowest BCUT2D eigenvalue weighted by Gasteiger charge is -2.39. The van der Waals surface area contributed by atoms with E-state index in [2.05, 4.69) is 20.8 Å². The number of nitrogens with zero attached hydrogens (tertiary/aromatic N) is 1. The molecular weight excluding hydrogens is 282 g/mol. The van der Waals surface area contributed by atoms with Crippen molar-refractivity contribution in [3.63, 3.8) is 0 Å². The van der Waals surface area contributed by atoms with Crippen LogP contribution in [0.25, 0.3) is 0 Å². The van der Waals surface area contributed by atoms with Gasteiger partial charge in [0.15, 0.2) is 0 Å². The molecule has 0 aromatic carbocycles. The van der Waals surface area contributed by atoms with Crippen LogP contribution in [0.4, 0.5) is 0 Å². The molecule has 0 radical (unpaired) electrons. The Morgan fingerprint density at radius 3 is 2.55 bits per heavy atom. The van der Waals surface area contributed by atoms with Gasteiger partial charge in [-0.25, -0.2) is 0 Å². The van der Waals surface area contributed by atoms with Gasteiger partial charge in [0, 0.05) is 26.1 Å². The molecule has 2 rings (SSSR count). The van der Waals surface area contributed by atoms with E-state index in [9.17, 15) is 14.7 Å². The number of hydrogen-bond donors (Lipinski definition) is 1. The minimum Gasteiger partial charge on any atom is -0.481 e. The quantitative estimate of drug-likeness (QED) is 0.866. The Balaban J connectivity index is 2.06. The van der Waals surface area contributed by atoms with Gasteiger partial charge in [-0.15, -0.1) is 0 Å². The minimum absolute atomic E-state index is 0.0332. The summed E-state index contributed by atoms with van der Waals surface area (Å²) in [6, 6.07) is 0. The number of amides is 1. The molecule has 0 aromatic heterocycles. The third-order valence-electron chi connectivity index (χ3n) is 5.28. The second-order valence-corrected chi connectivity index (χ2v) is 8.14. The first-order chi connectivity index (χ1) is 10.2.